The zero-order valence-corrected chi connectivity index (χ0v) is 13.0. The first-order chi connectivity index (χ1) is 11.2. The van der Waals surface area contributed by atoms with Crippen molar-refractivity contribution in [2.45, 2.75) is 63.8 Å². The molecule has 0 aromatic carbocycles. The van der Waals surface area contributed by atoms with Gasteiger partial charge < -0.3 is 5.32 Å². The molecule has 1 atom stereocenters. The first kappa shape index (κ1) is 14.8. The molecule has 2 aliphatic carbocycles. The van der Waals surface area contributed by atoms with Gasteiger partial charge in [0.15, 0.2) is 5.65 Å². The molecule has 2 aliphatic rings. The molecule has 7 heteroatoms. The molecule has 0 amide bonds. The molecule has 2 aromatic heterocycles. The van der Waals surface area contributed by atoms with Gasteiger partial charge in [0.2, 0.25) is 5.82 Å². The Morgan fingerprint density at radius 2 is 1.83 bits per heavy atom. The molecule has 1 unspecified atom stereocenters. The SMILES string of the molecule is FC(F)c1nnc2ccc(NC3CCCCC34CCCC4)nn12. The maximum absolute atomic E-state index is 13.0. The highest BCUT2D eigenvalue weighted by molar-refractivity contribution is 5.45. The molecule has 2 fully saturated rings. The van der Waals surface area contributed by atoms with E-state index in [1.54, 1.807) is 6.07 Å². The smallest absolute Gasteiger partial charge is 0.299 e. The van der Waals surface area contributed by atoms with Gasteiger partial charge in [-0.25, -0.2) is 8.78 Å². The molecule has 1 N–H and O–H groups in total. The molecular weight excluding hydrogens is 300 g/mol. The van der Waals surface area contributed by atoms with Gasteiger partial charge in [-0.2, -0.15) is 4.52 Å². The van der Waals surface area contributed by atoms with Crippen LogP contribution in [0.1, 0.15) is 63.6 Å². The second-order valence-corrected chi connectivity index (χ2v) is 6.86. The molecule has 23 heavy (non-hydrogen) atoms. The van der Waals surface area contributed by atoms with Crippen LogP contribution in [0.4, 0.5) is 14.6 Å². The summed E-state index contributed by atoms with van der Waals surface area (Å²) in [5, 5.41) is 15.1. The molecule has 0 saturated heterocycles. The Hall–Kier alpha value is -1.79. The average Bonchev–Trinajstić information content (AvgIpc) is 3.17. The molecule has 0 radical (unpaired) electrons. The number of fused-ring (bicyclic) bond motifs is 1. The molecule has 1 spiro atoms. The van der Waals surface area contributed by atoms with Crippen molar-refractivity contribution in [3.8, 4) is 0 Å². The number of nitrogens with zero attached hydrogens (tertiary/aromatic N) is 4. The van der Waals surface area contributed by atoms with Crippen LogP contribution >= 0.6 is 0 Å². The summed E-state index contributed by atoms with van der Waals surface area (Å²) in [5.41, 5.74) is 0.721. The van der Waals surface area contributed by atoms with Crippen LogP contribution in [-0.4, -0.2) is 25.9 Å². The van der Waals surface area contributed by atoms with Gasteiger partial charge in [0.25, 0.3) is 6.43 Å². The van der Waals surface area contributed by atoms with Crippen LogP contribution < -0.4 is 5.32 Å². The summed E-state index contributed by atoms with van der Waals surface area (Å²) in [4.78, 5) is 0. The van der Waals surface area contributed by atoms with Crippen molar-refractivity contribution in [2.24, 2.45) is 5.41 Å². The quantitative estimate of drug-likeness (QED) is 0.929. The lowest BCUT2D eigenvalue weighted by molar-refractivity contribution is 0.137. The lowest BCUT2D eigenvalue weighted by Crippen LogP contribution is -2.41. The Labute approximate surface area is 133 Å². The number of alkyl halides is 2. The summed E-state index contributed by atoms with van der Waals surface area (Å²) >= 11 is 0. The Morgan fingerprint density at radius 1 is 1.09 bits per heavy atom. The number of aromatic nitrogens is 4. The Bertz CT molecular complexity index is 693. The highest BCUT2D eigenvalue weighted by Crippen LogP contribution is 2.49. The van der Waals surface area contributed by atoms with E-state index in [-0.39, 0.29) is 0 Å². The maximum Gasteiger partial charge on any atom is 0.299 e. The fourth-order valence-corrected chi connectivity index (χ4v) is 4.41. The van der Waals surface area contributed by atoms with Crippen molar-refractivity contribution in [3.05, 3.63) is 18.0 Å². The topological polar surface area (TPSA) is 55.1 Å². The van der Waals surface area contributed by atoms with Crippen LogP contribution in [0.3, 0.4) is 0 Å². The number of nitrogens with one attached hydrogen (secondary N) is 1. The summed E-state index contributed by atoms with van der Waals surface area (Å²) < 4.78 is 27.1. The van der Waals surface area contributed by atoms with Crippen LogP contribution in [0.2, 0.25) is 0 Å². The van der Waals surface area contributed by atoms with E-state index < -0.39 is 12.2 Å². The fourth-order valence-electron chi connectivity index (χ4n) is 4.41. The minimum Gasteiger partial charge on any atom is -0.365 e. The molecule has 0 bridgehead atoms. The minimum atomic E-state index is -2.68. The first-order valence-electron chi connectivity index (χ1n) is 8.45. The monoisotopic (exact) mass is 321 g/mol. The third kappa shape index (κ3) is 2.56. The van der Waals surface area contributed by atoms with Crippen LogP contribution in [-0.2, 0) is 0 Å². The molecule has 2 heterocycles. The van der Waals surface area contributed by atoms with Crippen molar-refractivity contribution >= 4 is 11.5 Å². The normalized spacial score (nSPS) is 23.9. The third-order valence-electron chi connectivity index (χ3n) is 5.56. The van der Waals surface area contributed by atoms with E-state index in [4.69, 9.17) is 0 Å². The van der Waals surface area contributed by atoms with Gasteiger partial charge in [0, 0.05) is 6.04 Å². The second-order valence-electron chi connectivity index (χ2n) is 6.86. The number of anilines is 1. The lowest BCUT2D eigenvalue weighted by Gasteiger charge is -2.42. The summed E-state index contributed by atoms with van der Waals surface area (Å²) in [6.07, 6.45) is 7.36. The molecule has 0 aliphatic heterocycles. The standard InChI is InChI=1S/C16H21F2N5/c17-14(18)15-21-20-13-7-6-12(22-23(13)15)19-11-5-1-2-8-16(11)9-3-4-10-16/h6-7,11,14H,1-5,8-10H2,(H,19,22). The van der Waals surface area contributed by atoms with E-state index in [0.717, 1.165) is 10.9 Å². The summed E-state index contributed by atoms with van der Waals surface area (Å²) in [6, 6.07) is 3.89. The zero-order chi connectivity index (χ0) is 15.9. The van der Waals surface area contributed by atoms with Gasteiger partial charge in [0.1, 0.15) is 5.82 Å². The van der Waals surface area contributed by atoms with E-state index >= 15 is 0 Å². The highest BCUT2D eigenvalue weighted by Gasteiger charge is 2.42. The Kier molecular flexibility index (Phi) is 3.66. The largest absolute Gasteiger partial charge is 0.365 e. The van der Waals surface area contributed by atoms with Gasteiger partial charge in [-0.05, 0) is 43.2 Å². The summed E-state index contributed by atoms with van der Waals surface area (Å²) in [6.45, 7) is 0. The van der Waals surface area contributed by atoms with Crippen LogP contribution in [0.25, 0.3) is 5.65 Å². The van der Waals surface area contributed by atoms with E-state index in [9.17, 15) is 8.78 Å². The van der Waals surface area contributed by atoms with Crippen LogP contribution in [0.5, 0.6) is 0 Å². The lowest BCUT2D eigenvalue weighted by atomic mass is 9.69. The average molecular weight is 321 g/mol. The number of rotatable bonds is 3. The highest BCUT2D eigenvalue weighted by atomic mass is 19.3. The first-order valence-corrected chi connectivity index (χ1v) is 8.45. The van der Waals surface area contributed by atoms with Gasteiger partial charge in [0.05, 0.1) is 0 Å². The minimum absolute atomic E-state index is 0.352. The Morgan fingerprint density at radius 3 is 2.57 bits per heavy atom. The second kappa shape index (κ2) is 5.69. The molecule has 4 rings (SSSR count). The van der Waals surface area contributed by atoms with Crippen LogP contribution in [0, 0.1) is 5.41 Å². The van der Waals surface area contributed by atoms with E-state index in [2.05, 4.69) is 20.6 Å². The number of halogens is 2. The maximum atomic E-state index is 13.0. The molecular formula is C16H21F2N5. The van der Waals surface area contributed by atoms with E-state index in [0.29, 0.717) is 22.9 Å². The van der Waals surface area contributed by atoms with Crippen molar-refractivity contribution < 1.29 is 8.78 Å². The van der Waals surface area contributed by atoms with Gasteiger partial charge in [-0.15, -0.1) is 15.3 Å². The molecule has 2 aromatic rings. The van der Waals surface area contributed by atoms with Crippen LogP contribution in [0.15, 0.2) is 12.1 Å². The summed E-state index contributed by atoms with van der Waals surface area (Å²) in [5.74, 6) is 0.236. The van der Waals surface area contributed by atoms with Gasteiger partial charge in [-0.1, -0.05) is 25.7 Å². The zero-order valence-electron chi connectivity index (χ0n) is 13.0. The molecule has 2 saturated carbocycles. The molecule has 5 nitrogen and oxygen atoms in total. The summed E-state index contributed by atoms with van der Waals surface area (Å²) in [7, 11) is 0. The molecule has 124 valence electrons. The number of hydrogen-bond donors (Lipinski definition) is 1. The fraction of sp³-hybridized carbons (Fsp3) is 0.688. The van der Waals surface area contributed by atoms with Crippen molar-refractivity contribution in [1.29, 1.82) is 0 Å². The predicted octanol–water partition coefficient (Wildman–Crippen LogP) is 3.98. The predicted molar refractivity (Wildman–Crippen MR) is 82.5 cm³/mol. The third-order valence-corrected chi connectivity index (χ3v) is 5.56. The van der Waals surface area contributed by atoms with E-state index in [1.165, 1.54) is 44.9 Å². The van der Waals surface area contributed by atoms with Crippen molar-refractivity contribution in [1.82, 2.24) is 19.8 Å². The number of hydrogen-bond acceptors (Lipinski definition) is 4. The van der Waals surface area contributed by atoms with E-state index in [1.807, 2.05) is 6.07 Å². The van der Waals surface area contributed by atoms with Gasteiger partial charge in [-0.3, -0.25) is 0 Å². The Balaban J connectivity index is 1.62. The van der Waals surface area contributed by atoms with Gasteiger partial charge >= 0.3 is 0 Å². The van der Waals surface area contributed by atoms with Crippen molar-refractivity contribution in [3.63, 3.8) is 0 Å². The van der Waals surface area contributed by atoms with Crippen molar-refractivity contribution in [2.75, 3.05) is 5.32 Å².